The standard InChI is InChI=1S/C14H25N3O/c1-4-14-12(6-8-18-14)13(15)9-11-5-7-17(16-11)10(2)3/h5,7,10,12-14H,4,6,8-9,15H2,1-3H3. The van der Waals surface area contributed by atoms with Gasteiger partial charge < -0.3 is 10.5 Å². The molecule has 1 saturated heterocycles. The largest absolute Gasteiger partial charge is 0.378 e. The van der Waals surface area contributed by atoms with E-state index in [1.165, 1.54) is 0 Å². The first-order chi connectivity index (χ1) is 8.61. The van der Waals surface area contributed by atoms with Crippen LogP contribution in [0.5, 0.6) is 0 Å². The number of nitrogens with two attached hydrogens (primary N) is 1. The van der Waals surface area contributed by atoms with E-state index < -0.39 is 0 Å². The third-order valence-corrected chi connectivity index (χ3v) is 3.85. The van der Waals surface area contributed by atoms with Gasteiger partial charge in [-0.2, -0.15) is 5.10 Å². The highest BCUT2D eigenvalue weighted by Gasteiger charge is 2.31. The lowest BCUT2D eigenvalue weighted by Crippen LogP contribution is -2.37. The van der Waals surface area contributed by atoms with E-state index in [-0.39, 0.29) is 6.04 Å². The van der Waals surface area contributed by atoms with Crippen LogP contribution in [0.1, 0.15) is 45.3 Å². The van der Waals surface area contributed by atoms with Crippen molar-refractivity contribution in [2.24, 2.45) is 11.7 Å². The van der Waals surface area contributed by atoms with E-state index in [4.69, 9.17) is 10.5 Å². The maximum Gasteiger partial charge on any atom is 0.0640 e. The van der Waals surface area contributed by atoms with Crippen LogP contribution in [0.25, 0.3) is 0 Å². The fourth-order valence-corrected chi connectivity index (χ4v) is 2.74. The molecule has 4 heteroatoms. The van der Waals surface area contributed by atoms with Crippen molar-refractivity contribution in [1.29, 1.82) is 0 Å². The summed E-state index contributed by atoms with van der Waals surface area (Å²) in [5, 5.41) is 4.57. The second kappa shape index (κ2) is 5.85. The van der Waals surface area contributed by atoms with Gasteiger partial charge in [0.25, 0.3) is 0 Å². The van der Waals surface area contributed by atoms with Gasteiger partial charge >= 0.3 is 0 Å². The molecular weight excluding hydrogens is 226 g/mol. The van der Waals surface area contributed by atoms with Crippen molar-refractivity contribution in [1.82, 2.24) is 9.78 Å². The van der Waals surface area contributed by atoms with Crippen molar-refractivity contribution in [3.63, 3.8) is 0 Å². The molecule has 2 rings (SSSR count). The summed E-state index contributed by atoms with van der Waals surface area (Å²) in [6.07, 6.45) is 5.37. The Bertz CT molecular complexity index is 375. The fraction of sp³-hybridized carbons (Fsp3) is 0.786. The molecule has 0 amide bonds. The topological polar surface area (TPSA) is 53.1 Å². The predicted octanol–water partition coefficient (Wildman–Crippen LogP) is 2.15. The molecule has 0 bridgehead atoms. The lowest BCUT2D eigenvalue weighted by Gasteiger charge is -2.23. The maximum absolute atomic E-state index is 6.33. The van der Waals surface area contributed by atoms with Crippen LogP contribution in [0, 0.1) is 5.92 Å². The quantitative estimate of drug-likeness (QED) is 0.872. The summed E-state index contributed by atoms with van der Waals surface area (Å²) in [6, 6.07) is 2.65. The highest BCUT2D eigenvalue weighted by atomic mass is 16.5. The molecule has 0 spiro atoms. The average molecular weight is 251 g/mol. The summed E-state index contributed by atoms with van der Waals surface area (Å²) >= 11 is 0. The molecule has 2 heterocycles. The van der Waals surface area contributed by atoms with Gasteiger partial charge in [-0.05, 0) is 32.8 Å². The molecule has 1 aromatic heterocycles. The highest BCUT2D eigenvalue weighted by Crippen LogP contribution is 2.27. The second-order valence-corrected chi connectivity index (χ2v) is 5.52. The lowest BCUT2D eigenvalue weighted by molar-refractivity contribution is 0.0813. The van der Waals surface area contributed by atoms with Crippen LogP contribution in [0.2, 0.25) is 0 Å². The Morgan fingerprint density at radius 2 is 2.33 bits per heavy atom. The summed E-state index contributed by atoms with van der Waals surface area (Å²) in [5.74, 6) is 0.485. The van der Waals surface area contributed by atoms with Gasteiger partial charge in [0, 0.05) is 37.2 Å². The van der Waals surface area contributed by atoms with Crippen LogP contribution < -0.4 is 5.73 Å². The SMILES string of the molecule is CCC1OCCC1C(N)Cc1ccn(C(C)C)n1. The third-order valence-electron chi connectivity index (χ3n) is 3.85. The lowest BCUT2D eigenvalue weighted by atomic mass is 9.89. The van der Waals surface area contributed by atoms with Gasteiger partial charge in [-0.3, -0.25) is 4.68 Å². The first-order valence-corrected chi connectivity index (χ1v) is 7.03. The van der Waals surface area contributed by atoms with Crippen LogP contribution >= 0.6 is 0 Å². The van der Waals surface area contributed by atoms with Gasteiger partial charge in [0.05, 0.1) is 11.8 Å². The predicted molar refractivity (Wildman–Crippen MR) is 72.4 cm³/mol. The van der Waals surface area contributed by atoms with Gasteiger partial charge in [-0.25, -0.2) is 0 Å². The van der Waals surface area contributed by atoms with Crippen molar-refractivity contribution in [2.75, 3.05) is 6.61 Å². The van der Waals surface area contributed by atoms with Crippen molar-refractivity contribution < 1.29 is 4.74 Å². The Morgan fingerprint density at radius 3 is 2.94 bits per heavy atom. The van der Waals surface area contributed by atoms with Crippen LogP contribution in [-0.4, -0.2) is 28.5 Å². The Morgan fingerprint density at radius 1 is 1.56 bits per heavy atom. The minimum atomic E-state index is 0.160. The Labute approximate surface area is 110 Å². The summed E-state index contributed by atoms with van der Waals surface area (Å²) in [5.41, 5.74) is 7.43. The number of nitrogens with zero attached hydrogens (tertiary/aromatic N) is 2. The van der Waals surface area contributed by atoms with Gasteiger partial charge in [0.1, 0.15) is 0 Å². The molecule has 1 aromatic rings. The second-order valence-electron chi connectivity index (χ2n) is 5.52. The van der Waals surface area contributed by atoms with Crippen molar-refractivity contribution >= 4 is 0 Å². The average Bonchev–Trinajstić information content (AvgIpc) is 2.96. The van der Waals surface area contributed by atoms with E-state index in [1.54, 1.807) is 0 Å². The van der Waals surface area contributed by atoms with Crippen LogP contribution in [0.4, 0.5) is 0 Å². The van der Waals surface area contributed by atoms with E-state index in [0.29, 0.717) is 18.1 Å². The van der Waals surface area contributed by atoms with E-state index in [0.717, 1.165) is 31.6 Å². The van der Waals surface area contributed by atoms with Gasteiger partial charge in [0.2, 0.25) is 0 Å². The molecule has 2 N–H and O–H groups in total. The molecule has 0 saturated carbocycles. The zero-order valence-corrected chi connectivity index (χ0v) is 11.7. The zero-order chi connectivity index (χ0) is 13.1. The van der Waals surface area contributed by atoms with Crippen LogP contribution in [0.3, 0.4) is 0 Å². The minimum absolute atomic E-state index is 0.160. The Kier molecular flexibility index (Phi) is 4.40. The number of hydrogen-bond donors (Lipinski definition) is 1. The Hall–Kier alpha value is -0.870. The third kappa shape index (κ3) is 2.93. The molecule has 3 atom stereocenters. The molecule has 0 aromatic carbocycles. The van der Waals surface area contributed by atoms with Crippen molar-refractivity contribution in [3.05, 3.63) is 18.0 Å². The van der Waals surface area contributed by atoms with E-state index >= 15 is 0 Å². The summed E-state index contributed by atoms with van der Waals surface area (Å²) in [4.78, 5) is 0. The summed E-state index contributed by atoms with van der Waals surface area (Å²) in [6.45, 7) is 7.30. The molecule has 1 fully saturated rings. The van der Waals surface area contributed by atoms with Crippen molar-refractivity contribution in [3.8, 4) is 0 Å². The van der Waals surface area contributed by atoms with Gasteiger partial charge in [-0.15, -0.1) is 0 Å². The number of aromatic nitrogens is 2. The Balaban J connectivity index is 1.95. The molecule has 0 radical (unpaired) electrons. The molecule has 102 valence electrons. The van der Waals surface area contributed by atoms with E-state index in [1.807, 2.05) is 10.9 Å². The van der Waals surface area contributed by atoms with E-state index in [9.17, 15) is 0 Å². The number of hydrogen-bond acceptors (Lipinski definition) is 3. The first-order valence-electron chi connectivity index (χ1n) is 7.03. The molecule has 4 nitrogen and oxygen atoms in total. The first kappa shape index (κ1) is 13.6. The van der Waals surface area contributed by atoms with E-state index in [2.05, 4.69) is 31.9 Å². The number of rotatable bonds is 5. The fourth-order valence-electron chi connectivity index (χ4n) is 2.74. The smallest absolute Gasteiger partial charge is 0.0640 e. The molecule has 3 unspecified atom stereocenters. The minimum Gasteiger partial charge on any atom is -0.378 e. The van der Waals surface area contributed by atoms with Gasteiger partial charge in [0.15, 0.2) is 0 Å². The van der Waals surface area contributed by atoms with Crippen molar-refractivity contribution in [2.45, 2.75) is 58.2 Å². The molecule has 0 aliphatic carbocycles. The maximum atomic E-state index is 6.33. The van der Waals surface area contributed by atoms with Gasteiger partial charge in [-0.1, -0.05) is 6.92 Å². The summed E-state index contributed by atoms with van der Waals surface area (Å²) in [7, 11) is 0. The van der Waals surface area contributed by atoms with Crippen LogP contribution in [-0.2, 0) is 11.2 Å². The molecule has 18 heavy (non-hydrogen) atoms. The molecular formula is C14H25N3O. The van der Waals surface area contributed by atoms with Crippen LogP contribution in [0.15, 0.2) is 12.3 Å². The zero-order valence-electron chi connectivity index (χ0n) is 11.7. The number of ether oxygens (including phenoxy) is 1. The molecule has 1 aliphatic rings. The molecule has 1 aliphatic heterocycles. The monoisotopic (exact) mass is 251 g/mol. The summed E-state index contributed by atoms with van der Waals surface area (Å²) < 4.78 is 7.70. The normalized spacial score (nSPS) is 25.8. The highest BCUT2D eigenvalue weighted by molar-refractivity contribution is 5.03.